The van der Waals surface area contributed by atoms with E-state index in [0.29, 0.717) is 11.4 Å². The summed E-state index contributed by atoms with van der Waals surface area (Å²) in [5, 5.41) is 4.68. The topological polar surface area (TPSA) is 44.9 Å². The van der Waals surface area contributed by atoms with Crippen LogP contribution in [-0.4, -0.2) is 16.4 Å². The van der Waals surface area contributed by atoms with E-state index in [1.165, 1.54) is 0 Å². The molecule has 0 saturated heterocycles. The van der Waals surface area contributed by atoms with Gasteiger partial charge in [0.15, 0.2) is 0 Å². The average molecular weight is 279 g/mol. The summed E-state index contributed by atoms with van der Waals surface area (Å²) in [6, 6.07) is 5.69. The highest BCUT2D eigenvalue weighted by Gasteiger charge is 2.17. The molecule has 0 bridgehead atoms. The molecule has 0 fully saturated rings. The average Bonchev–Trinajstić information content (AvgIpc) is 2.53. The zero-order valence-electron chi connectivity index (χ0n) is 11.7. The molecule has 0 spiro atoms. The highest BCUT2D eigenvalue weighted by Crippen LogP contribution is 2.25. The Bertz CT molecular complexity index is 623. The number of carbonyl (C=O) groups excluding carboxylic acids is 1. The fourth-order valence-corrected chi connectivity index (χ4v) is 2.38. The van der Waals surface area contributed by atoms with Gasteiger partial charge in [-0.15, -0.1) is 0 Å². The number of hydrogen-bond donors (Lipinski definition) is 2. The lowest BCUT2D eigenvalue weighted by molar-refractivity contribution is -0.121. The Morgan fingerprint density at radius 3 is 2.68 bits per heavy atom. The molecule has 1 amide bonds. The minimum absolute atomic E-state index is 0.0245. The van der Waals surface area contributed by atoms with Gasteiger partial charge in [-0.3, -0.25) is 4.79 Å². The van der Waals surface area contributed by atoms with Gasteiger partial charge in [0.2, 0.25) is 5.91 Å². The molecule has 19 heavy (non-hydrogen) atoms. The lowest BCUT2D eigenvalue weighted by Gasteiger charge is -2.20. The maximum atomic E-state index is 12.0. The molecule has 0 aliphatic carbocycles. The first-order valence-corrected chi connectivity index (χ1v) is 6.72. The maximum Gasteiger partial charge on any atom is 0.224 e. The van der Waals surface area contributed by atoms with E-state index in [2.05, 4.69) is 10.3 Å². The molecule has 2 aromatic rings. The molecule has 0 radical (unpaired) electrons. The summed E-state index contributed by atoms with van der Waals surface area (Å²) in [6.45, 7) is 7.91. The van der Waals surface area contributed by atoms with E-state index >= 15 is 0 Å². The number of H-pyrrole nitrogens is 1. The number of carbonyl (C=O) groups is 1. The third kappa shape index (κ3) is 3.29. The summed E-state index contributed by atoms with van der Waals surface area (Å²) in [7, 11) is 0. The summed E-state index contributed by atoms with van der Waals surface area (Å²) in [5.74, 6) is 0.0245. The second-order valence-electron chi connectivity index (χ2n) is 5.89. The van der Waals surface area contributed by atoms with Gasteiger partial charge >= 0.3 is 0 Å². The highest BCUT2D eigenvalue weighted by atomic mass is 35.5. The molecule has 4 heteroatoms. The first-order chi connectivity index (χ1) is 8.76. The number of hydrogen-bond acceptors (Lipinski definition) is 1. The van der Waals surface area contributed by atoms with Crippen molar-refractivity contribution in [2.45, 2.75) is 39.7 Å². The van der Waals surface area contributed by atoms with Gasteiger partial charge in [0.25, 0.3) is 0 Å². The highest BCUT2D eigenvalue weighted by molar-refractivity contribution is 6.31. The molecule has 1 aromatic carbocycles. The van der Waals surface area contributed by atoms with Crippen LogP contribution < -0.4 is 5.32 Å². The SMILES string of the molecule is Cc1[nH]c2ccc(Cl)cc2c1CC(=O)NC(C)(C)C. The monoisotopic (exact) mass is 278 g/mol. The first-order valence-electron chi connectivity index (χ1n) is 6.34. The van der Waals surface area contributed by atoms with Gasteiger partial charge in [-0.1, -0.05) is 11.6 Å². The summed E-state index contributed by atoms with van der Waals surface area (Å²) >= 11 is 6.03. The number of aromatic nitrogens is 1. The van der Waals surface area contributed by atoms with Crippen molar-refractivity contribution in [3.05, 3.63) is 34.5 Å². The molecule has 1 heterocycles. The van der Waals surface area contributed by atoms with Crippen LogP contribution in [0.2, 0.25) is 5.02 Å². The maximum absolute atomic E-state index is 12.0. The molecule has 0 atom stereocenters. The zero-order valence-corrected chi connectivity index (χ0v) is 12.5. The van der Waals surface area contributed by atoms with E-state index in [9.17, 15) is 4.79 Å². The van der Waals surface area contributed by atoms with Gasteiger partial charge in [-0.2, -0.15) is 0 Å². The second kappa shape index (κ2) is 4.89. The van der Waals surface area contributed by atoms with Gasteiger partial charge in [0.05, 0.1) is 6.42 Å². The normalized spacial score (nSPS) is 11.8. The van der Waals surface area contributed by atoms with Crippen molar-refractivity contribution in [3.8, 4) is 0 Å². The van der Waals surface area contributed by atoms with Crippen molar-refractivity contribution < 1.29 is 4.79 Å². The molecule has 0 saturated carbocycles. The fraction of sp³-hybridized carbons (Fsp3) is 0.400. The van der Waals surface area contributed by atoms with E-state index in [1.807, 2.05) is 45.9 Å². The molecule has 0 unspecified atom stereocenters. The Morgan fingerprint density at radius 1 is 1.37 bits per heavy atom. The Morgan fingerprint density at radius 2 is 2.05 bits per heavy atom. The molecule has 3 nitrogen and oxygen atoms in total. The molecule has 2 N–H and O–H groups in total. The summed E-state index contributed by atoms with van der Waals surface area (Å²) in [4.78, 5) is 15.3. The van der Waals surface area contributed by atoms with E-state index < -0.39 is 0 Å². The Labute approximate surface area is 118 Å². The number of fused-ring (bicyclic) bond motifs is 1. The summed E-state index contributed by atoms with van der Waals surface area (Å²) < 4.78 is 0. The first kappa shape index (κ1) is 13.9. The molecular formula is C15H19ClN2O. The number of aryl methyl sites for hydroxylation is 1. The standard InChI is InChI=1S/C15H19ClN2O/c1-9-11(8-14(19)18-15(2,3)4)12-7-10(16)5-6-13(12)17-9/h5-7,17H,8H2,1-4H3,(H,18,19). The number of rotatable bonds is 2. The third-order valence-corrected chi connectivity index (χ3v) is 3.17. The van der Waals surface area contributed by atoms with Crippen LogP contribution in [0.3, 0.4) is 0 Å². The van der Waals surface area contributed by atoms with Crippen LogP contribution in [0.25, 0.3) is 10.9 Å². The van der Waals surface area contributed by atoms with Gasteiger partial charge in [0, 0.05) is 27.2 Å². The third-order valence-electron chi connectivity index (χ3n) is 2.93. The number of benzene rings is 1. The minimum Gasteiger partial charge on any atom is -0.358 e. The Hall–Kier alpha value is -1.48. The van der Waals surface area contributed by atoms with Crippen LogP contribution in [0.4, 0.5) is 0 Å². The zero-order chi connectivity index (χ0) is 14.2. The molecule has 0 aliphatic rings. The van der Waals surface area contributed by atoms with Crippen molar-refractivity contribution in [1.82, 2.24) is 10.3 Å². The van der Waals surface area contributed by atoms with E-state index in [-0.39, 0.29) is 11.4 Å². The summed E-state index contributed by atoms with van der Waals surface area (Å²) in [5.41, 5.74) is 2.83. The van der Waals surface area contributed by atoms with Crippen molar-refractivity contribution in [1.29, 1.82) is 0 Å². The Kier molecular flexibility index (Phi) is 3.59. The van der Waals surface area contributed by atoms with Crippen LogP contribution in [0.5, 0.6) is 0 Å². The van der Waals surface area contributed by atoms with Gasteiger partial charge in [0.1, 0.15) is 0 Å². The van der Waals surface area contributed by atoms with Crippen LogP contribution in [-0.2, 0) is 11.2 Å². The largest absolute Gasteiger partial charge is 0.358 e. The lowest BCUT2D eigenvalue weighted by Crippen LogP contribution is -2.41. The molecule has 0 aliphatic heterocycles. The van der Waals surface area contributed by atoms with Crippen LogP contribution in [0.15, 0.2) is 18.2 Å². The molecule has 2 rings (SSSR count). The molecular weight excluding hydrogens is 260 g/mol. The minimum atomic E-state index is -0.214. The van der Waals surface area contributed by atoms with E-state index in [0.717, 1.165) is 22.2 Å². The molecule has 102 valence electrons. The van der Waals surface area contributed by atoms with Crippen molar-refractivity contribution >= 4 is 28.4 Å². The van der Waals surface area contributed by atoms with Crippen molar-refractivity contribution in [2.24, 2.45) is 0 Å². The fourth-order valence-electron chi connectivity index (χ4n) is 2.21. The predicted octanol–water partition coefficient (Wildman–Crippen LogP) is 3.59. The van der Waals surface area contributed by atoms with E-state index in [4.69, 9.17) is 11.6 Å². The van der Waals surface area contributed by atoms with Gasteiger partial charge in [-0.05, 0) is 51.5 Å². The van der Waals surface area contributed by atoms with Crippen LogP contribution >= 0.6 is 11.6 Å². The lowest BCUT2D eigenvalue weighted by atomic mass is 10.1. The van der Waals surface area contributed by atoms with Gasteiger partial charge < -0.3 is 10.3 Å². The van der Waals surface area contributed by atoms with E-state index in [1.54, 1.807) is 0 Å². The van der Waals surface area contributed by atoms with Gasteiger partial charge in [-0.25, -0.2) is 0 Å². The van der Waals surface area contributed by atoms with Crippen LogP contribution in [0.1, 0.15) is 32.0 Å². The van der Waals surface area contributed by atoms with Crippen molar-refractivity contribution in [3.63, 3.8) is 0 Å². The van der Waals surface area contributed by atoms with Crippen molar-refractivity contribution in [2.75, 3.05) is 0 Å². The smallest absolute Gasteiger partial charge is 0.224 e. The predicted molar refractivity (Wildman–Crippen MR) is 79.6 cm³/mol. The number of amides is 1. The Balaban J connectivity index is 2.32. The quantitative estimate of drug-likeness (QED) is 0.866. The molecule has 1 aromatic heterocycles. The number of nitrogens with one attached hydrogen (secondary N) is 2. The number of halogens is 1. The second-order valence-corrected chi connectivity index (χ2v) is 6.33. The summed E-state index contributed by atoms with van der Waals surface area (Å²) in [6.07, 6.45) is 0.365. The number of aromatic amines is 1. The van der Waals surface area contributed by atoms with Crippen LogP contribution in [0, 0.1) is 6.92 Å².